The van der Waals surface area contributed by atoms with E-state index in [1.165, 1.54) is 0 Å². The van der Waals surface area contributed by atoms with Gasteiger partial charge in [-0.3, -0.25) is 4.79 Å². The summed E-state index contributed by atoms with van der Waals surface area (Å²) in [4.78, 5) is 13.8. The summed E-state index contributed by atoms with van der Waals surface area (Å²) in [5, 5.41) is 2.51. The van der Waals surface area contributed by atoms with Gasteiger partial charge in [-0.1, -0.05) is 0 Å². The first-order valence-corrected chi connectivity index (χ1v) is 3.38. The number of hydrogen-bond acceptors (Lipinski definition) is 2. The molecule has 0 aliphatic heterocycles. The fourth-order valence-electron chi connectivity index (χ4n) is 0.826. The van der Waals surface area contributed by atoms with Crippen LogP contribution >= 0.6 is 0 Å². The van der Waals surface area contributed by atoms with E-state index in [0.29, 0.717) is 12.2 Å². The molecular formula is C7H11N3O. The minimum absolute atomic E-state index is 0.121. The number of hydrogen-bond donors (Lipinski definition) is 3. The monoisotopic (exact) mass is 153 g/mol. The number of aromatic amines is 1. The molecule has 0 atom stereocenters. The van der Waals surface area contributed by atoms with Gasteiger partial charge in [-0.25, -0.2) is 0 Å². The molecule has 1 aromatic heterocycles. The molecule has 0 saturated carbocycles. The Morgan fingerprint density at radius 2 is 2.45 bits per heavy atom. The standard InChI is InChI=1S/C7H11N3O/c1-9-7(11)6-3-2-5(4-8)10-6/h2-3,10H,4,8H2,1H3,(H,9,11). The molecule has 4 nitrogen and oxygen atoms in total. The third-order valence-electron chi connectivity index (χ3n) is 1.44. The summed E-state index contributed by atoms with van der Waals surface area (Å²) in [6, 6.07) is 3.51. The summed E-state index contributed by atoms with van der Waals surface area (Å²) in [5.41, 5.74) is 6.76. The molecule has 0 spiro atoms. The smallest absolute Gasteiger partial charge is 0.267 e. The first kappa shape index (κ1) is 7.81. The van der Waals surface area contributed by atoms with Gasteiger partial charge in [0, 0.05) is 19.3 Å². The van der Waals surface area contributed by atoms with E-state index in [2.05, 4.69) is 10.3 Å². The Morgan fingerprint density at radius 1 is 1.73 bits per heavy atom. The molecule has 0 aromatic carbocycles. The van der Waals surface area contributed by atoms with Crippen molar-refractivity contribution in [3.8, 4) is 0 Å². The first-order chi connectivity index (χ1) is 5.27. The Hall–Kier alpha value is -1.29. The Kier molecular flexibility index (Phi) is 2.28. The van der Waals surface area contributed by atoms with Crippen molar-refractivity contribution in [2.24, 2.45) is 5.73 Å². The topological polar surface area (TPSA) is 70.9 Å². The largest absolute Gasteiger partial charge is 0.354 e. The second-order valence-corrected chi connectivity index (χ2v) is 2.18. The second kappa shape index (κ2) is 3.21. The van der Waals surface area contributed by atoms with E-state index >= 15 is 0 Å². The maximum absolute atomic E-state index is 11.0. The quantitative estimate of drug-likeness (QED) is 0.552. The number of amides is 1. The molecule has 4 heteroatoms. The predicted molar refractivity (Wildman–Crippen MR) is 42.1 cm³/mol. The lowest BCUT2D eigenvalue weighted by molar-refractivity contribution is 0.0958. The highest BCUT2D eigenvalue weighted by molar-refractivity contribution is 5.92. The SMILES string of the molecule is CNC(=O)c1ccc(CN)[nH]1. The number of carbonyl (C=O) groups is 1. The molecule has 0 aliphatic rings. The van der Waals surface area contributed by atoms with Gasteiger partial charge < -0.3 is 16.0 Å². The number of H-pyrrole nitrogens is 1. The zero-order chi connectivity index (χ0) is 8.27. The molecule has 1 heterocycles. The molecule has 0 bridgehead atoms. The van der Waals surface area contributed by atoms with E-state index in [0.717, 1.165) is 5.69 Å². The molecule has 0 saturated heterocycles. The maximum Gasteiger partial charge on any atom is 0.267 e. The van der Waals surface area contributed by atoms with Gasteiger partial charge in [-0.2, -0.15) is 0 Å². The van der Waals surface area contributed by atoms with Gasteiger partial charge in [0.2, 0.25) is 0 Å². The third-order valence-corrected chi connectivity index (χ3v) is 1.44. The minimum atomic E-state index is -0.121. The molecule has 11 heavy (non-hydrogen) atoms. The molecule has 0 fully saturated rings. The fraction of sp³-hybridized carbons (Fsp3) is 0.286. The normalized spacial score (nSPS) is 9.64. The lowest BCUT2D eigenvalue weighted by Gasteiger charge is -1.93. The van der Waals surface area contributed by atoms with Gasteiger partial charge in [0.1, 0.15) is 5.69 Å². The molecular weight excluding hydrogens is 142 g/mol. The van der Waals surface area contributed by atoms with E-state index in [1.54, 1.807) is 19.2 Å². The lowest BCUT2D eigenvalue weighted by atomic mass is 10.4. The average molecular weight is 153 g/mol. The molecule has 60 valence electrons. The van der Waals surface area contributed by atoms with Gasteiger partial charge in [0.15, 0.2) is 0 Å². The third kappa shape index (κ3) is 1.59. The summed E-state index contributed by atoms with van der Waals surface area (Å²) < 4.78 is 0. The van der Waals surface area contributed by atoms with Crippen LogP contribution in [0.4, 0.5) is 0 Å². The first-order valence-electron chi connectivity index (χ1n) is 3.38. The highest BCUT2D eigenvalue weighted by atomic mass is 16.1. The Labute approximate surface area is 64.8 Å². The number of nitrogens with one attached hydrogen (secondary N) is 2. The number of aromatic nitrogens is 1. The van der Waals surface area contributed by atoms with E-state index in [-0.39, 0.29) is 5.91 Å². The second-order valence-electron chi connectivity index (χ2n) is 2.18. The molecule has 1 amide bonds. The molecule has 1 rings (SSSR count). The van der Waals surface area contributed by atoms with Crippen LogP contribution in [0.25, 0.3) is 0 Å². The van der Waals surface area contributed by atoms with Crippen LogP contribution in [-0.2, 0) is 6.54 Å². The summed E-state index contributed by atoms with van der Waals surface area (Å²) in [5.74, 6) is -0.121. The summed E-state index contributed by atoms with van der Waals surface area (Å²) in [7, 11) is 1.59. The Bertz CT molecular complexity index is 254. The van der Waals surface area contributed by atoms with Crippen molar-refractivity contribution in [3.05, 3.63) is 23.5 Å². The van der Waals surface area contributed by atoms with Gasteiger partial charge in [0.25, 0.3) is 5.91 Å². The van der Waals surface area contributed by atoms with Crippen LogP contribution in [-0.4, -0.2) is 17.9 Å². The van der Waals surface area contributed by atoms with Crippen LogP contribution in [0.15, 0.2) is 12.1 Å². The minimum Gasteiger partial charge on any atom is -0.354 e. The van der Waals surface area contributed by atoms with E-state index in [9.17, 15) is 4.79 Å². The fourth-order valence-corrected chi connectivity index (χ4v) is 0.826. The van der Waals surface area contributed by atoms with Crippen molar-refractivity contribution in [1.82, 2.24) is 10.3 Å². The summed E-state index contributed by atoms with van der Waals surface area (Å²) >= 11 is 0. The van der Waals surface area contributed by atoms with Gasteiger partial charge in [-0.05, 0) is 12.1 Å². The van der Waals surface area contributed by atoms with Crippen LogP contribution in [0.5, 0.6) is 0 Å². The highest BCUT2D eigenvalue weighted by Crippen LogP contribution is 1.99. The zero-order valence-electron chi connectivity index (χ0n) is 6.35. The summed E-state index contributed by atoms with van der Waals surface area (Å²) in [6.07, 6.45) is 0. The molecule has 0 radical (unpaired) electrons. The number of nitrogens with two attached hydrogens (primary N) is 1. The predicted octanol–water partition coefficient (Wildman–Crippen LogP) is -0.167. The average Bonchev–Trinajstić information content (AvgIpc) is 2.50. The Morgan fingerprint density at radius 3 is 2.91 bits per heavy atom. The number of carbonyl (C=O) groups excluding carboxylic acids is 1. The van der Waals surface area contributed by atoms with Crippen LogP contribution in [0.2, 0.25) is 0 Å². The van der Waals surface area contributed by atoms with E-state index < -0.39 is 0 Å². The van der Waals surface area contributed by atoms with Crippen LogP contribution < -0.4 is 11.1 Å². The van der Waals surface area contributed by atoms with Crippen LogP contribution in [0.3, 0.4) is 0 Å². The highest BCUT2D eigenvalue weighted by Gasteiger charge is 2.03. The molecule has 0 unspecified atom stereocenters. The van der Waals surface area contributed by atoms with Gasteiger partial charge >= 0.3 is 0 Å². The molecule has 1 aromatic rings. The van der Waals surface area contributed by atoms with Crippen molar-refractivity contribution in [2.45, 2.75) is 6.54 Å². The van der Waals surface area contributed by atoms with Crippen molar-refractivity contribution in [2.75, 3.05) is 7.05 Å². The Balaban J connectivity index is 2.80. The van der Waals surface area contributed by atoms with Gasteiger partial charge in [0.05, 0.1) is 0 Å². The zero-order valence-corrected chi connectivity index (χ0v) is 6.35. The lowest BCUT2D eigenvalue weighted by Crippen LogP contribution is -2.18. The van der Waals surface area contributed by atoms with Crippen molar-refractivity contribution < 1.29 is 4.79 Å². The van der Waals surface area contributed by atoms with E-state index in [1.807, 2.05) is 0 Å². The summed E-state index contributed by atoms with van der Waals surface area (Å²) in [6.45, 7) is 0.428. The molecule has 0 aliphatic carbocycles. The maximum atomic E-state index is 11.0. The van der Waals surface area contributed by atoms with Gasteiger partial charge in [-0.15, -0.1) is 0 Å². The number of rotatable bonds is 2. The van der Waals surface area contributed by atoms with Crippen LogP contribution in [0.1, 0.15) is 16.2 Å². The van der Waals surface area contributed by atoms with E-state index in [4.69, 9.17) is 5.73 Å². The van der Waals surface area contributed by atoms with Crippen molar-refractivity contribution >= 4 is 5.91 Å². The van der Waals surface area contributed by atoms with Crippen molar-refractivity contribution in [1.29, 1.82) is 0 Å². The van der Waals surface area contributed by atoms with Crippen molar-refractivity contribution in [3.63, 3.8) is 0 Å². The van der Waals surface area contributed by atoms with Crippen LogP contribution in [0, 0.1) is 0 Å². The molecule has 4 N–H and O–H groups in total.